The van der Waals surface area contributed by atoms with Gasteiger partial charge in [-0.05, 0) is 41.3 Å². The van der Waals surface area contributed by atoms with E-state index < -0.39 is 0 Å². The molecule has 0 radical (unpaired) electrons. The molecule has 0 heterocycles. The number of allylic oxidation sites excluding steroid dienone is 7. The average Bonchev–Trinajstić information content (AvgIpc) is 2.64. The van der Waals surface area contributed by atoms with Crippen LogP contribution in [0.1, 0.15) is 12.0 Å². The first-order chi connectivity index (χ1) is 12.6. The number of ketones is 1. The number of halogens is 1. The number of rotatable bonds is 8. The minimum atomic E-state index is 0.0109. The molecule has 1 aromatic rings. The van der Waals surface area contributed by atoms with Crippen LogP contribution in [0.3, 0.4) is 0 Å². The minimum absolute atomic E-state index is 0.0109. The molecule has 0 spiro atoms. The topological polar surface area (TPSA) is 46.5 Å². The monoisotopic (exact) mass is 403 g/mol. The van der Waals surface area contributed by atoms with Crippen molar-refractivity contribution in [2.24, 2.45) is 4.40 Å². The van der Waals surface area contributed by atoms with Gasteiger partial charge in [0.05, 0.1) is 16.4 Å². The second-order valence-electron chi connectivity index (χ2n) is 5.28. The Morgan fingerprint density at radius 2 is 2.00 bits per heavy atom. The molecule has 1 aliphatic rings. The number of carbonyl (C=O) groups is 2. The SMILES string of the molecule is C=C\C=C/C=C1\CC(=O)C(SCC=O)=C\C1=N/SCc1ccc(Cl)cc1. The molecule has 2 rings (SSSR count). The molecule has 26 heavy (non-hydrogen) atoms. The van der Waals surface area contributed by atoms with E-state index in [1.807, 2.05) is 36.4 Å². The van der Waals surface area contributed by atoms with Gasteiger partial charge in [0, 0.05) is 17.2 Å². The van der Waals surface area contributed by atoms with Crippen LogP contribution >= 0.6 is 35.3 Å². The zero-order valence-corrected chi connectivity index (χ0v) is 16.4. The van der Waals surface area contributed by atoms with Gasteiger partial charge in [-0.3, -0.25) is 4.79 Å². The van der Waals surface area contributed by atoms with Gasteiger partial charge in [-0.15, -0.1) is 11.8 Å². The van der Waals surface area contributed by atoms with Crippen LogP contribution in [-0.4, -0.2) is 23.5 Å². The van der Waals surface area contributed by atoms with Gasteiger partial charge >= 0.3 is 0 Å². The Bertz CT molecular complexity index is 793. The largest absolute Gasteiger partial charge is 0.302 e. The van der Waals surface area contributed by atoms with E-state index in [-0.39, 0.29) is 18.0 Å². The van der Waals surface area contributed by atoms with Gasteiger partial charge in [0.25, 0.3) is 0 Å². The summed E-state index contributed by atoms with van der Waals surface area (Å²) in [7, 11) is 0. The number of benzene rings is 1. The first-order valence-corrected chi connectivity index (χ1v) is 10.2. The molecule has 0 bridgehead atoms. The van der Waals surface area contributed by atoms with E-state index >= 15 is 0 Å². The fraction of sp³-hybridized carbons (Fsp3) is 0.150. The van der Waals surface area contributed by atoms with Crippen LogP contribution in [-0.2, 0) is 15.3 Å². The second kappa shape index (κ2) is 11.0. The standard InChI is InChI=1S/C20H18ClNO2S2/c1-2-3-4-5-16-12-19(24)20(25-11-10-23)13-18(16)22-26-14-15-6-8-17(21)9-7-15/h2-10,13H,1,11-12,14H2/b4-3-,16-5+,22-18+. The van der Waals surface area contributed by atoms with Crippen molar-refractivity contribution in [1.29, 1.82) is 0 Å². The molecule has 0 fully saturated rings. The zero-order valence-electron chi connectivity index (χ0n) is 14.1. The Morgan fingerprint density at radius 3 is 2.69 bits per heavy atom. The lowest BCUT2D eigenvalue weighted by Gasteiger charge is -2.15. The summed E-state index contributed by atoms with van der Waals surface area (Å²) in [5.41, 5.74) is 2.73. The average molecular weight is 404 g/mol. The normalized spacial score (nSPS) is 17.7. The zero-order chi connectivity index (χ0) is 18.8. The summed E-state index contributed by atoms with van der Waals surface area (Å²) in [6.07, 6.45) is 10.0. The summed E-state index contributed by atoms with van der Waals surface area (Å²) in [5, 5.41) is 0.704. The van der Waals surface area contributed by atoms with Crippen molar-refractivity contribution in [2.75, 3.05) is 5.75 Å². The molecule has 0 amide bonds. The molecule has 0 unspecified atom stereocenters. The van der Waals surface area contributed by atoms with Crippen molar-refractivity contribution in [1.82, 2.24) is 0 Å². The molecule has 3 nitrogen and oxygen atoms in total. The first kappa shape index (κ1) is 20.5. The van der Waals surface area contributed by atoms with Gasteiger partial charge in [-0.25, -0.2) is 4.40 Å². The molecule has 134 valence electrons. The molecule has 0 aliphatic heterocycles. The van der Waals surface area contributed by atoms with E-state index in [1.165, 1.54) is 23.7 Å². The van der Waals surface area contributed by atoms with E-state index in [9.17, 15) is 9.59 Å². The van der Waals surface area contributed by atoms with Gasteiger partial charge in [0.2, 0.25) is 0 Å². The van der Waals surface area contributed by atoms with Crippen molar-refractivity contribution >= 4 is 53.1 Å². The Labute approximate surface area is 167 Å². The Morgan fingerprint density at radius 1 is 1.23 bits per heavy atom. The first-order valence-electron chi connectivity index (χ1n) is 7.88. The van der Waals surface area contributed by atoms with Gasteiger partial charge in [-0.2, -0.15) is 0 Å². The highest BCUT2D eigenvalue weighted by atomic mass is 35.5. The van der Waals surface area contributed by atoms with Crippen molar-refractivity contribution in [3.63, 3.8) is 0 Å². The predicted octanol–water partition coefficient (Wildman–Crippen LogP) is 5.39. The third kappa shape index (κ3) is 6.48. The number of nitrogens with zero attached hydrogens (tertiary/aromatic N) is 1. The summed E-state index contributed by atoms with van der Waals surface area (Å²) in [6.45, 7) is 3.64. The fourth-order valence-electron chi connectivity index (χ4n) is 2.13. The van der Waals surface area contributed by atoms with Gasteiger partial charge in [-0.1, -0.05) is 54.6 Å². The summed E-state index contributed by atoms with van der Waals surface area (Å²) in [4.78, 5) is 23.4. The molecule has 0 saturated carbocycles. The maximum atomic E-state index is 12.3. The number of aldehydes is 1. The van der Waals surface area contributed by atoms with E-state index in [0.29, 0.717) is 15.7 Å². The Hall–Kier alpha value is -1.82. The third-order valence-corrected chi connectivity index (χ3v) is 5.38. The molecule has 0 saturated heterocycles. The Kier molecular flexibility index (Phi) is 8.68. The quantitative estimate of drug-likeness (QED) is 0.332. The van der Waals surface area contributed by atoms with Crippen LogP contribution in [0.25, 0.3) is 0 Å². The molecule has 0 atom stereocenters. The molecule has 0 aromatic heterocycles. The Balaban J connectivity index is 2.19. The number of carbonyl (C=O) groups excluding carboxylic acids is 2. The van der Waals surface area contributed by atoms with Crippen LogP contribution in [0.4, 0.5) is 0 Å². The van der Waals surface area contributed by atoms with Crippen LogP contribution < -0.4 is 0 Å². The molecule has 1 aromatic carbocycles. The van der Waals surface area contributed by atoms with Crippen molar-refractivity contribution in [2.45, 2.75) is 12.2 Å². The van der Waals surface area contributed by atoms with Crippen LogP contribution in [0.5, 0.6) is 0 Å². The molecule has 0 N–H and O–H groups in total. The van der Waals surface area contributed by atoms with E-state index in [1.54, 1.807) is 18.2 Å². The van der Waals surface area contributed by atoms with Crippen molar-refractivity contribution < 1.29 is 9.59 Å². The maximum Gasteiger partial charge on any atom is 0.173 e. The van der Waals surface area contributed by atoms with Crippen molar-refractivity contribution in [3.05, 3.63) is 82.3 Å². The fourth-order valence-corrected chi connectivity index (χ4v) is 3.65. The number of thioether (sulfide) groups is 1. The van der Waals surface area contributed by atoms with Gasteiger partial charge < -0.3 is 4.79 Å². The lowest BCUT2D eigenvalue weighted by Crippen LogP contribution is -2.15. The smallest absolute Gasteiger partial charge is 0.173 e. The summed E-state index contributed by atoms with van der Waals surface area (Å²) in [5.74, 6) is 0.976. The molecule has 1 aliphatic carbocycles. The van der Waals surface area contributed by atoms with Gasteiger partial charge in [0.15, 0.2) is 5.78 Å². The van der Waals surface area contributed by atoms with Crippen LogP contribution in [0.15, 0.2) is 76.1 Å². The molecular formula is C20H18ClNO2S2. The minimum Gasteiger partial charge on any atom is -0.302 e. The lowest BCUT2D eigenvalue weighted by molar-refractivity contribution is -0.114. The van der Waals surface area contributed by atoms with Crippen LogP contribution in [0, 0.1) is 0 Å². The molecule has 6 heteroatoms. The molecular weight excluding hydrogens is 386 g/mol. The highest BCUT2D eigenvalue weighted by Gasteiger charge is 2.21. The summed E-state index contributed by atoms with van der Waals surface area (Å²) < 4.78 is 4.60. The predicted molar refractivity (Wildman–Crippen MR) is 114 cm³/mol. The number of hydrogen-bond acceptors (Lipinski definition) is 5. The highest BCUT2D eigenvalue weighted by molar-refractivity contribution is 8.04. The van der Waals surface area contributed by atoms with E-state index in [4.69, 9.17) is 11.6 Å². The van der Waals surface area contributed by atoms with Gasteiger partial charge in [0.1, 0.15) is 6.29 Å². The maximum absolute atomic E-state index is 12.3. The van der Waals surface area contributed by atoms with E-state index in [2.05, 4.69) is 11.0 Å². The second-order valence-corrected chi connectivity index (χ2v) is 7.50. The lowest BCUT2D eigenvalue weighted by atomic mass is 9.97. The van der Waals surface area contributed by atoms with Crippen LogP contribution in [0.2, 0.25) is 5.02 Å². The number of Topliss-reactive ketones (excluding diaryl/α,β-unsaturated/α-hetero) is 1. The third-order valence-electron chi connectivity index (χ3n) is 3.38. The number of hydrogen-bond donors (Lipinski definition) is 0. The summed E-state index contributed by atoms with van der Waals surface area (Å²) in [6, 6.07) is 7.63. The highest BCUT2D eigenvalue weighted by Crippen LogP contribution is 2.28. The van der Waals surface area contributed by atoms with E-state index in [0.717, 1.165) is 23.1 Å². The van der Waals surface area contributed by atoms with Crippen molar-refractivity contribution in [3.8, 4) is 0 Å². The summed E-state index contributed by atoms with van der Waals surface area (Å²) >= 11 is 8.56.